The van der Waals surface area contributed by atoms with Crippen molar-refractivity contribution in [2.45, 2.75) is 69.3 Å². The number of ether oxygens (including phenoxy) is 2. The number of alkyl halides is 3. The van der Waals surface area contributed by atoms with E-state index in [9.17, 15) is 18.0 Å². The first-order valence-corrected chi connectivity index (χ1v) is 14.1. The van der Waals surface area contributed by atoms with Gasteiger partial charge in [0, 0.05) is 63.5 Å². The molecule has 3 fully saturated rings. The van der Waals surface area contributed by atoms with E-state index in [0.717, 1.165) is 74.3 Å². The number of nitrogens with one attached hydrogen (secondary N) is 1. The van der Waals surface area contributed by atoms with Crippen LogP contribution in [0.1, 0.15) is 65.2 Å². The molecule has 0 bridgehead atoms. The molecule has 3 saturated heterocycles. The smallest absolute Gasteiger partial charge is 0.379 e. The Hall–Kier alpha value is -2.76. The van der Waals surface area contributed by atoms with Gasteiger partial charge in [-0.05, 0) is 56.7 Å². The number of amides is 1. The predicted octanol–water partition coefficient (Wildman–Crippen LogP) is 4.19. The van der Waals surface area contributed by atoms with Gasteiger partial charge in [-0.25, -0.2) is 9.97 Å². The van der Waals surface area contributed by atoms with Gasteiger partial charge in [0.05, 0.1) is 18.3 Å². The van der Waals surface area contributed by atoms with Gasteiger partial charge in [-0.15, -0.1) is 0 Å². The molecule has 3 unspecified atom stereocenters. The Morgan fingerprint density at radius 1 is 1.07 bits per heavy atom. The molecule has 0 spiro atoms. The van der Waals surface area contributed by atoms with Gasteiger partial charge in [0.15, 0.2) is 0 Å². The second-order valence-electron chi connectivity index (χ2n) is 11.1. The topological polar surface area (TPSA) is 79.8 Å². The third-order valence-electron chi connectivity index (χ3n) is 8.53. The van der Waals surface area contributed by atoms with Gasteiger partial charge in [-0.2, -0.15) is 13.2 Å². The van der Waals surface area contributed by atoms with Crippen LogP contribution in [0.3, 0.4) is 0 Å². The Labute approximate surface area is 233 Å². The third kappa shape index (κ3) is 6.42. The number of methoxy groups -OCH3 is 1. The fourth-order valence-electron chi connectivity index (χ4n) is 6.20. The number of rotatable bonds is 6. The zero-order valence-corrected chi connectivity index (χ0v) is 23.1. The molecule has 1 aromatic heterocycles. The number of likely N-dealkylation sites (tertiary alicyclic amines) is 1. The maximum atomic E-state index is 13.5. The second kappa shape index (κ2) is 12.4. The number of anilines is 1. The van der Waals surface area contributed by atoms with Crippen molar-refractivity contribution in [1.82, 2.24) is 20.2 Å². The Bertz CT molecular complexity index is 1150. The monoisotopic (exact) mass is 561 g/mol. The highest BCUT2D eigenvalue weighted by Gasteiger charge is 2.33. The van der Waals surface area contributed by atoms with E-state index in [1.165, 1.54) is 6.33 Å². The first kappa shape index (κ1) is 28.8. The van der Waals surface area contributed by atoms with E-state index >= 15 is 0 Å². The van der Waals surface area contributed by atoms with E-state index in [0.29, 0.717) is 38.0 Å². The molecule has 218 valence electrons. The summed E-state index contributed by atoms with van der Waals surface area (Å²) in [7, 11) is 1.71. The fourth-order valence-corrected chi connectivity index (χ4v) is 6.20. The lowest BCUT2D eigenvalue weighted by Crippen LogP contribution is -2.54. The van der Waals surface area contributed by atoms with Crippen LogP contribution in [0, 0.1) is 6.92 Å². The van der Waals surface area contributed by atoms with Crippen LogP contribution in [0.5, 0.6) is 0 Å². The normalized spacial score (nSPS) is 24.8. The minimum absolute atomic E-state index is 0.0455. The highest BCUT2D eigenvalue weighted by Crippen LogP contribution is 2.34. The Kier molecular flexibility index (Phi) is 8.92. The van der Waals surface area contributed by atoms with Crippen molar-refractivity contribution < 1.29 is 27.4 Å². The van der Waals surface area contributed by atoms with Crippen LogP contribution in [-0.2, 0) is 15.7 Å². The number of carbonyl (C=O) groups excluding carboxylic acids is 1. The maximum Gasteiger partial charge on any atom is 0.416 e. The molecule has 4 heterocycles. The Morgan fingerprint density at radius 3 is 2.52 bits per heavy atom. The van der Waals surface area contributed by atoms with E-state index in [-0.39, 0.29) is 24.0 Å². The molecule has 8 nitrogen and oxygen atoms in total. The number of piperidine rings is 2. The molecule has 0 aliphatic carbocycles. The molecule has 0 saturated carbocycles. The lowest BCUT2D eigenvalue weighted by Gasteiger charge is -2.38. The number of aromatic nitrogens is 2. The standard InChI is InChI=1S/C29H38F3N5O3/c1-19-26(28(38)36-13-9-23(10-14-36)35-24-11-15-40-17-25(24)39-2)33-18-34-27(19)37-12-3-4-21(16-37)20-5-7-22(8-6-20)29(30,31)32/h5-8,18,21,23-25,35H,3-4,9-17H2,1-2H3. The molecule has 3 atom stereocenters. The van der Waals surface area contributed by atoms with Crippen molar-refractivity contribution in [3.05, 3.63) is 53.0 Å². The molecule has 0 radical (unpaired) electrons. The minimum atomic E-state index is -4.35. The number of benzene rings is 1. The molecular formula is C29H38F3N5O3. The number of nitrogens with zero attached hydrogens (tertiary/aromatic N) is 4. The average molecular weight is 562 g/mol. The van der Waals surface area contributed by atoms with E-state index in [4.69, 9.17) is 9.47 Å². The fraction of sp³-hybridized carbons (Fsp3) is 0.621. The summed E-state index contributed by atoms with van der Waals surface area (Å²) in [6.45, 7) is 5.91. The van der Waals surface area contributed by atoms with Crippen LogP contribution in [0.2, 0.25) is 0 Å². The first-order valence-electron chi connectivity index (χ1n) is 14.1. The lowest BCUT2D eigenvalue weighted by atomic mass is 9.90. The summed E-state index contributed by atoms with van der Waals surface area (Å²) in [4.78, 5) is 26.4. The molecule has 3 aliphatic rings. The highest BCUT2D eigenvalue weighted by molar-refractivity contribution is 5.94. The molecule has 5 rings (SSSR count). The van der Waals surface area contributed by atoms with Gasteiger partial charge in [0.1, 0.15) is 17.8 Å². The van der Waals surface area contributed by atoms with Gasteiger partial charge < -0.3 is 24.6 Å². The largest absolute Gasteiger partial charge is 0.416 e. The number of carbonyl (C=O) groups is 1. The quantitative estimate of drug-likeness (QED) is 0.567. The maximum absolute atomic E-state index is 13.5. The molecular weight excluding hydrogens is 523 g/mol. The molecule has 1 aromatic carbocycles. The molecule has 3 aliphatic heterocycles. The summed E-state index contributed by atoms with van der Waals surface area (Å²) >= 11 is 0. The van der Waals surface area contributed by atoms with Gasteiger partial charge in [-0.3, -0.25) is 4.79 Å². The van der Waals surface area contributed by atoms with Crippen LogP contribution in [0.15, 0.2) is 30.6 Å². The number of hydrogen-bond donors (Lipinski definition) is 1. The van der Waals surface area contributed by atoms with Crippen LogP contribution >= 0.6 is 0 Å². The minimum Gasteiger partial charge on any atom is -0.379 e. The van der Waals surface area contributed by atoms with Crippen molar-refractivity contribution in [2.24, 2.45) is 0 Å². The summed E-state index contributed by atoms with van der Waals surface area (Å²) in [5.74, 6) is 0.720. The molecule has 11 heteroatoms. The lowest BCUT2D eigenvalue weighted by molar-refractivity contribution is -0.137. The van der Waals surface area contributed by atoms with E-state index in [2.05, 4.69) is 20.2 Å². The molecule has 1 N–H and O–H groups in total. The van der Waals surface area contributed by atoms with E-state index in [1.54, 1.807) is 19.2 Å². The van der Waals surface area contributed by atoms with Crippen LogP contribution in [-0.4, -0.2) is 85.5 Å². The van der Waals surface area contributed by atoms with Gasteiger partial charge in [-0.1, -0.05) is 12.1 Å². The van der Waals surface area contributed by atoms with Crippen LogP contribution in [0.4, 0.5) is 19.0 Å². The van der Waals surface area contributed by atoms with Crippen LogP contribution in [0.25, 0.3) is 0 Å². The second-order valence-corrected chi connectivity index (χ2v) is 11.1. The number of halogens is 3. The molecule has 40 heavy (non-hydrogen) atoms. The van der Waals surface area contributed by atoms with Gasteiger partial charge in [0.25, 0.3) is 5.91 Å². The zero-order valence-electron chi connectivity index (χ0n) is 23.1. The molecule has 1 amide bonds. The summed E-state index contributed by atoms with van der Waals surface area (Å²) in [5, 5.41) is 3.72. The van der Waals surface area contributed by atoms with E-state index in [1.807, 2.05) is 11.8 Å². The Morgan fingerprint density at radius 2 is 1.82 bits per heavy atom. The van der Waals surface area contributed by atoms with Crippen LogP contribution < -0.4 is 10.2 Å². The third-order valence-corrected chi connectivity index (χ3v) is 8.53. The Balaban J connectivity index is 1.21. The highest BCUT2D eigenvalue weighted by atomic mass is 19.4. The summed E-state index contributed by atoms with van der Waals surface area (Å²) < 4.78 is 50.1. The van der Waals surface area contributed by atoms with Crippen molar-refractivity contribution >= 4 is 11.7 Å². The van der Waals surface area contributed by atoms with Crippen molar-refractivity contribution in [1.29, 1.82) is 0 Å². The molecule has 2 aromatic rings. The first-order chi connectivity index (χ1) is 19.2. The van der Waals surface area contributed by atoms with Crippen molar-refractivity contribution in [3.8, 4) is 0 Å². The van der Waals surface area contributed by atoms with Gasteiger partial charge >= 0.3 is 6.18 Å². The van der Waals surface area contributed by atoms with E-state index < -0.39 is 11.7 Å². The average Bonchev–Trinajstić information content (AvgIpc) is 2.97. The predicted molar refractivity (Wildman–Crippen MR) is 144 cm³/mol. The zero-order chi connectivity index (χ0) is 28.3. The van der Waals surface area contributed by atoms with Crippen molar-refractivity contribution in [3.63, 3.8) is 0 Å². The summed E-state index contributed by atoms with van der Waals surface area (Å²) in [6, 6.07) is 6.04. The van der Waals surface area contributed by atoms with Gasteiger partial charge in [0.2, 0.25) is 0 Å². The summed E-state index contributed by atoms with van der Waals surface area (Å²) in [5.41, 5.74) is 1.40. The number of hydrogen-bond acceptors (Lipinski definition) is 7. The summed E-state index contributed by atoms with van der Waals surface area (Å²) in [6.07, 6.45) is 1.55. The van der Waals surface area contributed by atoms with Crippen molar-refractivity contribution in [2.75, 3.05) is 51.4 Å². The SMILES string of the molecule is COC1COCCC1NC1CCN(C(=O)c2ncnc(N3CCCC(c4ccc(C(F)(F)F)cc4)C3)c2C)CC1.